The van der Waals surface area contributed by atoms with E-state index < -0.39 is 15.4 Å². The molecular formula is C11H22N2O3S. The van der Waals surface area contributed by atoms with E-state index in [1.165, 1.54) is 0 Å². The summed E-state index contributed by atoms with van der Waals surface area (Å²) in [5.74, 6) is 0.908. The number of hydrogen-bond acceptors (Lipinski definition) is 5. The van der Waals surface area contributed by atoms with E-state index >= 15 is 0 Å². The van der Waals surface area contributed by atoms with Crippen molar-refractivity contribution >= 4 is 9.84 Å². The largest absolute Gasteiger partial charge is 0.394 e. The number of sulfone groups is 1. The first kappa shape index (κ1) is 13.3. The van der Waals surface area contributed by atoms with Crippen molar-refractivity contribution in [3.63, 3.8) is 0 Å². The number of aliphatic hydroxyl groups excluding tert-OH is 1. The van der Waals surface area contributed by atoms with E-state index in [2.05, 4.69) is 0 Å². The summed E-state index contributed by atoms with van der Waals surface area (Å²) >= 11 is 0. The highest BCUT2D eigenvalue weighted by molar-refractivity contribution is 7.91. The number of likely N-dealkylation sites (N-methyl/N-ethyl adjacent to an activating group) is 1. The standard InChI is InChI=1S/C11H22N2O3S/c1-13(10-4-5-17(15,16)6-10)7-11(12,8-14)9-2-3-9/h9-10,14H,2-8,12H2,1H3. The molecule has 3 N–H and O–H groups in total. The minimum absolute atomic E-state index is 0.0263. The Hall–Kier alpha value is -0.170. The average Bonchev–Trinajstić information content (AvgIpc) is 3.03. The Labute approximate surface area is 103 Å². The SMILES string of the molecule is CN(CC(N)(CO)C1CC1)C1CCS(=O)(=O)C1. The van der Waals surface area contributed by atoms with Crippen molar-refractivity contribution < 1.29 is 13.5 Å². The van der Waals surface area contributed by atoms with Crippen LogP contribution in [-0.2, 0) is 9.84 Å². The first-order valence-corrected chi connectivity index (χ1v) is 7.99. The van der Waals surface area contributed by atoms with Gasteiger partial charge in [0.2, 0.25) is 0 Å². The molecule has 0 radical (unpaired) electrons. The minimum atomic E-state index is -2.85. The summed E-state index contributed by atoms with van der Waals surface area (Å²) in [7, 11) is -0.945. The summed E-state index contributed by atoms with van der Waals surface area (Å²) in [6.45, 7) is 0.551. The molecule has 5 nitrogen and oxygen atoms in total. The zero-order chi connectivity index (χ0) is 12.7. The lowest BCUT2D eigenvalue weighted by Gasteiger charge is -2.34. The van der Waals surface area contributed by atoms with Crippen LogP contribution in [-0.4, -0.2) is 61.7 Å². The molecule has 0 bridgehead atoms. The lowest BCUT2D eigenvalue weighted by atomic mass is 9.94. The predicted octanol–water partition coefficient (Wildman–Crippen LogP) is -0.795. The summed E-state index contributed by atoms with van der Waals surface area (Å²) in [5.41, 5.74) is 5.64. The maximum atomic E-state index is 11.4. The summed E-state index contributed by atoms with van der Waals surface area (Å²) in [4.78, 5) is 2.01. The van der Waals surface area contributed by atoms with E-state index in [9.17, 15) is 13.5 Å². The number of rotatable bonds is 5. The Bertz CT molecular complexity index is 380. The maximum Gasteiger partial charge on any atom is 0.151 e. The van der Waals surface area contributed by atoms with Gasteiger partial charge in [-0.05, 0) is 32.2 Å². The summed E-state index contributed by atoms with van der Waals surface area (Å²) in [5, 5.41) is 9.42. The Kier molecular flexibility index (Phi) is 3.51. The van der Waals surface area contributed by atoms with Crippen LogP contribution in [0, 0.1) is 5.92 Å². The molecule has 1 aliphatic carbocycles. The molecule has 2 fully saturated rings. The third kappa shape index (κ3) is 2.99. The van der Waals surface area contributed by atoms with Gasteiger partial charge in [0, 0.05) is 12.6 Å². The number of nitrogens with two attached hydrogens (primary N) is 1. The predicted molar refractivity (Wildman–Crippen MR) is 66.4 cm³/mol. The molecule has 0 aromatic heterocycles. The van der Waals surface area contributed by atoms with Gasteiger partial charge in [-0.1, -0.05) is 0 Å². The number of hydrogen-bond donors (Lipinski definition) is 2. The molecule has 2 aliphatic rings. The van der Waals surface area contributed by atoms with Gasteiger partial charge in [-0.2, -0.15) is 0 Å². The molecule has 1 saturated carbocycles. The van der Waals surface area contributed by atoms with E-state index in [1.807, 2.05) is 11.9 Å². The molecule has 100 valence electrons. The summed E-state index contributed by atoms with van der Waals surface area (Å²) in [6, 6.07) is 0.0632. The molecule has 1 aliphatic heterocycles. The molecule has 6 heteroatoms. The lowest BCUT2D eigenvalue weighted by Crippen LogP contribution is -2.56. The summed E-state index contributed by atoms with van der Waals surface area (Å²) < 4.78 is 22.8. The monoisotopic (exact) mass is 262 g/mol. The van der Waals surface area contributed by atoms with Gasteiger partial charge in [0.15, 0.2) is 9.84 Å². The molecule has 0 spiro atoms. The van der Waals surface area contributed by atoms with Gasteiger partial charge in [0.05, 0.1) is 23.7 Å². The average molecular weight is 262 g/mol. The quantitative estimate of drug-likeness (QED) is 0.678. The zero-order valence-electron chi connectivity index (χ0n) is 10.3. The zero-order valence-corrected chi connectivity index (χ0v) is 11.1. The van der Waals surface area contributed by atoms with E-state index in [0.717, 1.165) is 12.8 Å². The molecule has 2 atom stereocenters. The lowest BCUT2D eigenvalue weighted by molar-refractivity contribution is 0.117. The molecule has 2 unspecified atom stereocenters. The Morgan fingerprint density at radius 1 is 1.41 bits per heavy atom. The summed E-state index contributed by atoms with van der Waals surface area (Å²) in [6.07, 6.45) is 2.84. The second-order valence-corrected chi connectivity index (χ2v) is 7.87. The van der Waals surface area contributed by atoms with E-state index in [-0.39, 0.29) is 24.2 Å². The third-order valence-electron chi connectivity index (χ3n) is 4.06. The van der Waals surface area contributed by atoms with Crippen LogP contribution in [0.25, 0.3) is 0 Å². The Balaban J connectivity index is 1.94. The fraction of sp³-hybridized carbons (Fsp3) is 1.00. The molecule has 2 rings (SSSR count). The fourth-order valence-corrected chi connectivity index (χ4v) is 4.49. The third-order valence-corrected chi connectivity index (χ3v) is 5.81. The fourth-order valence-electron chi connectivity index (χ4n) is 2.68. The van der Waals surface area contributed by atoms with Crippen molar-refractivity contribution in [3.05, 3.63) is 0 Å². The van der Waals surface area contributed by atoms with Crippen LogP contribution in [0.5, 0.6) is 0 Å². The van der Waals surface area contributed by atoms with Crippen molar-refractivity contribution in [1.82, 2.24) is 4.90 Å². The van der Waals surface area contributed by atoms with Crippen molar-refractivity contribution in [2.75, 3.05) is 31.7 Å². The van der Waals surface area contributed by atoms with Crippen LogP contribution in [0.3, 0.4) is 0 Å². The van der Waals surface area contributed by atoms with Gasteiger partial charge in [0.25, 0.3) is 0 Å². The number of nitrogens with zero attached hydrogens (tertiary/aromatic N) is 1. The van der Waals surface area contributed by atoms with Crippen molar-refractivity contribution in [1.29, 1.82) is 0 Å². The second kappa shape index (κ2) is 4.50. The van der Waals surface area contributed by atoms with Gasteiger partial charge in [-0.25, -0.2) is 8.42 Å². The van der Waals surface area contributed by atoms with Crippen LogP contribution in [0.1, 0.15) is 19.3 Å². The van der Waals surface area contributed by atoms with Gasteiger partial charge in [-0.3, -0.25) is 0 Å². The molecule has 0 aromatic carbocycles. The van der Waals surface area contributed by atoms with E-state index in [4.69, 9.17) is 5.73 Å². The maximum absolute atomic E-state index is 11.4. The molecule has 0 amide bonds. The van der Waals surface area contributed by atoms with Gasteiger partial charge < -0.3 is 15.7 Å². The van der Waals surface area contributed by atoms with Crippen LogP contribution < -0.4 is 5.73 Å². The molecule has 1 saturated heterocycles. The topological polar surface area (TPSA) is 83.6 Å². The van der Waals surface area contributed by atoms with Crippen molar-refractivity contribution in [2.24, 2.45) is 11.7 Å². The van der Waals surface area contributed by atoms with Gasteiger partial charge >= 0.3 is 0 Å². The highest BCUT2D eigenvalue weighted by Crippen LogP contribution is 2.38. The highest BCUT2D eigenvalue weighted by atomic mass is 32.2. The first-order valence-electron chi connectivity index (χ1n) is 6.17. The van der Waals surface area contributed by atoms with Crippen molar-refractivity contribution in [3.8, 4) is 0 Å². The smallest absolute Gasteiger partial charge is 0.151 e. The molecule has 0 aromatic rings. The van der Waals surface area contributed by atoms with Crippen LogP contribution in [0.2, 0.25) is 0 Å². The molecular weight excluding hydrogens is 240 g/mol. The van der Waals surface area contributed by atoms with Crippen molar-refractivity contribution in [2.45, 2.75) is 30.8 Å². The second-order valence-electron chi connectivity index (χ2n) is 5.64. The normalized spacial score (nSPS) is 31.6. The van der Waals surface area contributed by atoms with Gasteiger partial charge in [0.1, 0.15) is 0 Å². The number of aliphatic hydroxyl groups is 1. The van der Waals surface area contributed by atoms with E-state index in [1.54, 1.807) is 0 Å². The van der Waals surface area contributed by atoms with Crippen LogP contribution >= 0.6 is 0 Å². The Morgan fingerprint density at radius 2 is 2.06 bits per heavy atom. The first-order chi connectivity index (χ1) is 7.86. The molecule has 17 heavy (non-hydrogen) atoms. The van der Waals surface area contributed by atoms with Gasteiger partial charge in [-0.15, -0.1) is 0 Å². The van der Waals surface area contributed by atoms with Crippen LogP contribution in [0.4, 0.5) is 0 Å². The van der Waals surface area contributed by atoms with Crippen LogP contribution in [0.15, 0.2) is 0 Å². The molecule has 1 heterocycles. The highest BCUT2D eigenvalue weighted by Gasteiger charge is 2.44. The minimum Gasteiger partial charge on any atom is -0.394 e. The van der Waals surface area contributed by atoms with E-state index in [0.29, 0.717) is 18.9 Å². The Morgan fingerprint density at radius 3 is 2.47 bits per heavy atom.